The van der Waals surface area contributed by atoms with Crippen molar-refractivity contribution < 1.29 is 26.3 Å². The highest BCUT2D eigenvalue weighted by Crippen LogP contribution is 2.44. The normalized spacial score (nSPS) is 20.4. The zero-order valence-corrected chi connectivity index (χ0v) is 14.0. The zero-order chi connectivity index (χ0) is 20.0. The maximum atomic E-state index is 13.3. The third-order valence-electron chi connectivity index (χ3n) is 4.72. The van der Waals surface area contributed by atoms with Gasteiger partial charge in [0.15, 0.2) is 0 Å². The van der Waals surface area contributed by atoms with Crippen LogP contribution in [0.4, 0.5) is 32.0 Å². The molecule has 1 saturated carbocycles. The summed E-state index contributed by atoms with van der Waals surface area (Å²) in [6.07, 6.45) is -7.07. The van der Waals surface area contributed by atoms with E-state index in [4.69, 9.17) is 11.5 Å². The average Bonchev–Trinajstić information content (AvgIpc) is 2.52. The molecule has 27 heavy (non-hydrogen) atoms. The quantitative estimate of drug-likeness (QED) is 0.712. The Labute approximate surface area is 150 Å². The Bertz CT molecular complexity index is 789. The predicted molar refractivity (Wildman–Crippen MR) is 88.0 cm³/mol. The smallest absolute Gasteiger partial charge is 0.369 e. The highest BCUT2D eigenvalue weighted by atomic mass is 19.4. The molecule has 1 spiro atoms. The van der Waals surface area contributed by atoms with E-state index in [1.807, 2.05) is 0 Å². The fourth-order valence-electron chi connectivity index (χ4n) is 3.65. The van der Waals surface area contributed by atoms with Gasteiger partial charge in [0, 0.05) is 5.69 Å². The van der Waals surface area contributed by atoms with Crippen LogP contribution >= 0.6 is 0 Å². The lowest BCUT2D eigenvalue weighted by molar-refractivity contribution is -0.162. The Morgan fingerprint density at radius 1 is 0.889 bits per heavy atom. The molecule has 1 aromatic carbocycles. The van der Waals surface area contributed by atoms with Crippen LogP contribution in [0.3, 0.4) is 0 Å². The van der Waals surface area contributed by atoms with Crippen LogP contribution in [0.25, 0.3) is 0 Å². The van der Waals surface area contributed by atoms with Crippen LogP contribution in [-0.4, -0.2) is 17.6 Å². The lowest BCUT2D eigenvalue weighted by Gasteiger charge is -2.45. The number of hydrogen-bond acceptors (Lipinski definition) is 5. The van der Waals surface area contributed by atoms with Gasteiger partial charge >= 0.3 is 12.4 Å². The molecule has 0 saturated heterocycles. The average molecular weight is 393 g/mol. The van der Waals surface area contributed by atoms with E-state index < -0.39 is 29.1 Å². The van der Waals surface area contributed by atoms with Gasteiger partial charge < -0.3 is 11.5 Å². The number of rotatable bonds is 1. The van der Waals surface area contributed by atoms with Crippen molar-refractivity contribution in [2.75, 3.05) is 4.90 Å². The number of nitrogens with two attached hydrogens (primary N) is 2. The van der Waals surface area contributed by atoms with Crippen molar-refractivity contribution in [1.29, 1.82) is 0 Å². The van der Waals surface area contributed by atoms with Crippen LogP contribution < -0.4 is 16.4 Å². The molecule has 0 radical (unpaired) electrons. The molecule has 0 unspecified atom stereocenters. The Balaban J connectivity index is 2.16. The monoisotopic (exact) mass is 393 g/mol. The Morgan fingerprint density at radius 3 is 2.04 bits per heavy atom. The number of aliphatic imine (C=N–C) groups is 2. The number of hydrogen-bond donors (Lipinski definition) is 2. The van der Waals surface area contributed by atoms with Crippen molar-refractivity contribution >= 4 is 17.6 Å². The van der Waals surface area contributed by atoms with Gasteiger partial charge in [-0.3, -0.25) is 4.90 Å². The molecular weight excluding hydrogens is 376 g/mol. The summed E-state index contributed by atoms with van der Waals surface area (Å²) in [4.78, 5) is 9.35. The molecule has 0 atom stereocenters. The topological polar surface area (TPSA) is 80.0 Å². The number of benzene rings is 1. The molecule has 1 fully saturated rings. The second-order valence-corrected chi connectivity index (χ2v) is 6.54. The minimum absolute atomic E-state index is 0.103. The maximum absolute atomic E-state index is 13.3. The van der Waals surface area contributed by atoms with Crippen LogP contribution in [0, 0.1) is 0 Å². The molecular formula is C16H17F6N5. The molecule has 148 valence electrons. The summed E-state index contributed by atoms with van der Waals surface area (Å²) < 4.78 is 79.0. The molecule has 2 aliphatic rings. The van der Waals surface area contributed by atoms with Crippen molar-refractivity contribution in [3.05, 3.63) is 29.3 Å². The van der Waals surface area contributed by atoms with Gasteiger partial charge in [0.1, 0.15) is 5.66 Å². The van der Waals surface area contributed by atoms with Crippen molar-refractivity contribution in [3.63, 3.8) is 0 Å². The van der Waals surface area contributed by atoms with Gasteiger partial charge in [-0.2, -0.15) is 31.3 Å². The van der Waals surface area contributed by atoms with Gasteiger partial charge in [-0.15, -0.1) is 0 Å². The van der Waals surface area contributed by atoms with E-state index in [1.54, 1.807) is 0 Å². The van der Waals surface area contributed by atoms with Crippen molar-refractivity contribution in [3.8, 4) is 0 Å². The zero-order valence-electron chi connectivity index (χ0n) is 14.0. The third-order valence-corrected chi connectivity index (χ3v) is 4.72. The van der Waals surface area contributed by atoms with E-state index in [1.165, 1.54) is 4.90 Å². The van der Waals surface area contributed by atoms with Crippen molar-refractivity contribution in [2.24, 2.45) is 21.5 Å². The highest BCUT2D eigenvalue weighted by Gasteiger charge is 2.46. The minimum Gasteiger partial charge on any atom is -0.369 e. The summed E-state index contributed by atoms with van der Waals surface area (Å²) in [6, 6.07) is 1.80. The molecule has 1 aliphatic carbocycles. The van der Waals surface area contributed by atoms with E-state index in [9.17, 15) is 26.3 Å². The first-order valence-corrected chi connectivity index (χ1v) is 8.22. The first kappa shape index (κ1) is 19.3. The Kier molecular flexibility index (Phi) is 4.51. The van der Waals surface area contributed by atoms with Crippen LogP contribution in [0.15, 0.2) is 28.2 Å². The summed E-state index contributed by atoms with van der Waals surface area (Å²) >= 11 is 0. The second-order valence-electron chi connectivity index (χ2n) is 6.54. The summed E-state index contributed by atoms with van der Waals surface area (Å²) in [5, 5.41) is 0. The third kappa shape index (κ3) is 3.54. The molecule has 1 heterocycles. The van der Waals surface area contributed by atoms with E-state index in [0.29, 0.717) is 25.0 Å². The summed E-state index contributed by atoms with van der Waals surface area (Å²) in [5.41, 5.74) is 6.84. The summed E-state index contributed by atoms with van der Waals surface area (Å²) in [6.45, 7) is 0. The van der Waals surface area contributed by atoms with Gasteiger partial charge in [-0.25, -0.2) is 4.99 Å². The van der Waals surface area contributed by atoms with Crippen LogP contribution in [0.2, 0.25) is 0 Å². The standard InChI is InChI=1S/C16H17F6N5/c17-15(18,19)10-5-4-9(8-11(10)16(20,21)22)27-13(24)25-12(23)26-14(27)6-2-1-3-7-14/h4-5,8H,1-3,6-7H2,(H4,23,24,25,26). The Morgan fingerprint density at radius 2 is 1.48 bits per heavy atom. The van der Waals surface area contributed by atoms with Gasteiger partial charge in [-0.1, -0.05) is 6.42 Å². The molecule has 0 amide bonds. The molecule has 0 bridgehead atoms. The number of guanidine groups is 2. The maximum Gasteiger partial charge on any atom is 0.417 e. The van der Waals surface area contributed by atoms with E-state index >= 15 is 0 Å². The molecule has 11 heteroatoms. The van der Waals surface area contributed by atoms with E-state index in [0.717, 1.165) is 25.3 Å². The van der Waals surface area contributed by atoms with Gasteiger partial charge in [0.05, 0.1) is 11.1 Å². The van der Waals surface area contributed by atoms with Crippen LogP contribution in [-0.2, 0) is 12.4 Å². The van der Waals surface area contributed by atoms with Gasteiger partial charge in [0.25, 0.3) is 0 Å². The van der Waals surface area contributed by atoms with Crippen molar-refractivity contribution in [1.82, 2.24) is 0 Å². The van der Waals surface area contributed by atoms with E-state index in [-0.39, 0.29) is 17.6 Å². The van der Waals surface area contributed by atoms with Gasteiger partial charge in [-0.05, 0) is 43.9 Å². The fourth-order valence-corrected chi connectivity index (χ4v) is 3.65. The number of halogens is 6. The largest absolute Gasteiger partial charge is 0.417 e. The fraction of sp³-hybridized carbons (Fsp3) is 0.500. The van der Waals surface area contributed by atoms with Crippen LogP contribution in [0.5, 0.6) is 0 Å². The molecule has 1 aromatic rings. The summed E-state index contributed by atoms with van der Waals surface area (Å²) in [7, 11) is 0. The molecule has 3 rings (SSSR count). The van der Waals surface area contributed by atoms with E-state index in [2.05, 4.69) is 9.98 Å². The SMILES string of the molecule is NC1=NC2(CCCCC2)N(c2ccc(C(F)(F)F)c(C(F)(F)F)c2)C(N)=N1. The Hall–Kier alpha value is -2.46. The van der Waals surface area contributed by atoms with Crippen molar-refractivity contribution in [2.45, 2.75) is 50.1 Å². The molecule has 1 aliphatic heterocycles. The second kappa shape index (κ2) is 6.31. The number of anilines is 1. The number of nitrogens with zero attached hydrogens (tertiary/aromatic N) is 3. The first-order valence-electron chi connectivity index (χ1n) is 8.22. The lowest BCUT2D eigenvalue weighted by atomic mass is 9.87. The lowest BCUT2D eigenvalue weighted by Crippen LogP contribution is -2.58. The molecule has 4 N–H and O–H groups in total. The number of alkyl halides is 6. The minimum atomic E-state index is -5.19. The molecule has 0 aromatic heterocycles. The molecule has 5 nitrogen and oxygen atoms in total. The predicted octanol–water partition coefficient (Wildman–Crippen LogP) is 3.83. The van der Waals surface area contributed by atoms with Gasteiger partial charge in [0.2, 0.25) is 11.9 Å². The summed E-state index contributed by atoms with van der Waals surface area (Å²) in [5.74, 6) is -0.300. The van der Waals surface area contributed by atoms with Crippen LogP contribution in [0.1, 0.15) is 43.2 Å². The highest BCUT2D eigenvalue weighted by molar-refractivity contribution is 6.05. The first-order chi connectivity index (χ1) is 12.4.